The van der Waals surface area contributed by atoms with Crippen LogP contribution in [-0.2, 0) is 5.75 Å². The van der Waals surface area contributed by atoms with Gasteiger partial charge in [-0.25, -0.2) is 0 Å². The van der Waals surface area contributed by atoms with E-state index in [1.807, 2.05) is 17.8 Å². The van der Waals surface area contributed by atoms with Crippen LogP contribution in [0.4, 0.5) is 0 Å². The average molecular weight is 269 g/mol. The number of nitrogens with zero attached hydrogens (tertiary/aromatic N) is 1. The van der Waals surface area contributed by atoms with Gasteiger partial charge in [0.1, 0.15) is 0 Å². The molecule has 1 unspecified atom stereocenters. The Morgan fingerprint density at radius 3 is 2.56 bits per heavy atom. The summed E-state index contributed by atoms with van der Waals surface area (Å²) in [6.45, 7) is 4.10. The molecule has 0 spiro atoms. The van der Waals surface area contributed by atoms with Crippen LogP contribution in [0.2, 0.25) is 0 Å². The quantitative estimate of drug-likeness (QED) is 0.668. The van der Waals surface area contributed by atoms with Gasteiger partial charge in [-0.2, -0.15) is 11.8 Å². The molecule has 102 valence electrons. The lowest BCUT2D eigenvalue weighted by atomic mass is 10.2. The van der Waals surface area contributed by atoms with Gasteiger partial charge in [-0.05, 0) is 12.5 Å². The summed E-state index contributed by atoms with van der Waals surface area (Å²) in [6, 6.07) is 10.4. The van der Waals surface area contributed by atoms with Crippen LogP contribution < -0.4 is 0 Å². The van der Waals surface area contributed by atoms with Crippen LogP contribution in [0.15, 0.2) is 30.3 Å². The molecule has 4 heteroatoms. The molecular weight excluding hydrogens is 246 g/mol. The van der Waals surface area contributed by atoms with E-state index in [0.29, 0.717) is 13.1 Å². The first-order valence-electron chi connectivity index (χ1n) is 6.35. The summed E-state index contributed by atoms with van der Waals surface area (Å²) in [6.07, 6.45) is -0.337. The molecule has 0 fully saturated rings. The summed E-state index contributed by atoms with van der Waals surface area (Å²) in [7, 11) is 0. The molecule has 0 aliphatic carbocycles. The van der Waals surface area contributed by atoms with Crippen molar-refractivity contribution >= 4 is 11.8 Å². The summed E-state index contributed by atoms with van der Waals surface area (Å²) < 4.78 is 0. The minimum atomic E-state index is -0.337. The van der Waals surface area contributed by atoms with Crippen LogP contribution in [0.25, 0.3) is 0 Å². The second-order valence-electron chi connectivity index (χ2n) is 4.41. The summed E-state index contributed by atoms with van der Waals surface area (Å²) in [5.74, 6) is 2.03. The van der Waals surface area contributed by atoms with E-state index in [0.717, 1.165) is 18.1 Å². The largest absolute Gasteiger partial charge is 0.395 e. The van der Waals surface area contributed by atoms with Crippen molar-refractivity contribution in [3.63, 3.8) is 0 Å². The third-order valence-corrected chi connectivity index (χ3v) is 3.61. The zero-order valence-corrected chi connectivity index (χ0v) is 11.8. The summed E-state index contributed by atoms with van der Waals surface area (Å²) in [5, 5.41) is 18.3. The molecule has 2 N–H and O–H groups in total. The Balaban J connectivity index is 2.18. The maximum atomic E-state index is 9.35. The van der Waals surface area contributed by atoms with Gasteiger partial charge in [0, 0.05) is 31.1 Å². The SMILES string of the molecule is CC(O)CN(CCO)CCSCc1ccccc1. The normalized spacial score (nSPS) is 12.9. The first kappa shape index (κ1) is 15.5. The molecule has 0 saturated heterocycles. The van der Waals surface area contributed by atoms with Gasteiger partial charge in [-0.3, -0.25) is 4.90 Å². The molecule has 0 aliphatic heterocycles. The molecule has 0 saturated carbocycles. The molecule has 1 rings (SSSR count). The smallest absolute Gasteiger partial charge is 0.0639 e. The molecule has 0 aliphatic rings. The van der Waals surface area contributed by atoms with Crippen LogP contribution in [-0.4, -0.2) is 53.2 Å². The van der Waals surface area contributed by atoms with Crippen molar-refractivity contribution in [1.82, 2.24) is 4.90 Å². The number of hydrogen-bond acceptors (Lipinski definition) is 4. The number of thioether (sulfide) groups is 1. The van der Waals surface area contributed by atoms with Gasteiger partial charge < -0.3 is 10.2 Å². The van der Waals surface area contributed by atoms with E-state index >= 15 is 0 Å². The number of aliphatic hydroxyl groups excluding tert-OH is 2. The highest BCUT2D eigenvalue weighted by molar-refractivity contribution is 7.98. The molecular formula is C14H23NO2S. The first-order valence-corrected chi connectivity index (χ1v) is 7.50. The van der Waals surface area contributed by atoms with E-state index in [1.54, 1.807) is 6.92 Å². The van der Waals surface area contributed by atoms with Crippen LogP contribution in [0.1, 0.15) is 12.5 Å². The Morgan fingerprint density at radius 1 is 1.22 bits per heavy atom. The fourth-order valence-corrected chi connectivity index (χ4v) is 2.73. The van der Waals surface area contributed by atoms with Gasteiger partial charge in [0.05, 0.1) is 12.7 Å². The second kappa shape index (κ2) is 9.39. The van der Waals surface area contributed by atoms with Crippen LogP contribution >= 0.6 is 11.8 Å². The monoisotopic (exact) mass is 269 g/mol. The van der Waals surface area contributed by atoms with E-state index in [4.69, 9.17) is 5.11 Å². The number of hydrogen-bond donors (Lipinski definition) is 2. The van der Waals surface area contributed by atoms with Crippen LogP contribution in [0.3, 0.4) is 0 Å². The molecule has 18 heavy (non-hydrogen) atoms. The number of benzene rings is 1. The zero-order chi connectivity index (χ0) is 13.2. The molecule has 1 atom stereocenters. The lowest BCUT2D eigenvalue weighted by Gasteiger charge is -2.22. The van der Waals surface area contributed by atoms with Crippen LogP contribution in [0, 0.1) is 0 Å². The molecule has 1 aromatic rings. The maximum absolute atomic E-state index is 9.35. The van der Waals surface area contributed by atoms with Gasteiger partial charge in [-0.15, -0.1) is 0 Å². The Morgan fingerprint density at radius 2 is 1.94 bits per heavy atom. The molecule has 3 nitrogen and oxygen atoms in total. The van der Waals surface area contributed by atoms with Crippen LogP contribution in [0.5, 0.6) is 0 Å². The summed E-state index contributed by atoms with van der Waals surface area (Å²) in [4.78, 5) is 2.10. The van der Waals surface area contributed by atoms with Gasteiger partial charge >= 0.3 is 0 Å². The lowest BCUT2D eigenvalue weighted by Crippen LogP contribution is -2.35. The van der Waals surface area contributed by atoms with Crippen molar-refractivity contribution in [3.8, 4) is 0 Å². The average Bonchev–Trinajstić information content (AvgIpc) is 2.35. The highest BCUT2D eigenvalue weighted by atomic mass is 32.2. The minimum absolute atomic E-state index is 0.149. The molecule has 0 aromatic heterocycles. The molecule has 0 radical (unpaired) electrons. The number of rotatable bonds is 9. The van der Waals surface area contributed by atoms with Crippen molar-refractivity contribution in [3.05, 3.63) is 35.9 Å². The topological polar surface area (TPSA) is 43.7 Å². The van der Waals surface area contributed by atoms with Crippen molar-refractivity contribution in [2.75, 3.05) is 32.0 Å². The third-order valence-electron chi connectivity index (χ3n) is 2.60. The molecule has 1 aromatic carbocycles. The molecule has 0 heterocycles. The van der Waals surface area contributed by atoms with Crippen molar-refractivity contribution in [2.24, 2.45) is 0 Å². The fraction of sp³-hybridized carbons (Fsp3) is 0.571. The summed E-state index contributed by atoms with van der Waals surface area (Å²) in [5.41, 5.74) is 1.34. The minimum Gasteiger partial charge on any atom is -0.395 e. The van der Waals surface area contributed by atoms with Gasteiger partial charge in [0.15, 0.2) is 0 Å². The maximum Gasteiger partial charge on any atom is 0.0639 e. The standard InChI is InChI=1S/C14H23NO2S/c1-13(17)11-15(7-9-16)8-10-18-12-14-5-3-2-4-6-14/h2-6,13,16-17H,7-12H2,1H3. The summed E-state index contributed by atoms with van der Waals surface area (Å²) >= 11 is 1.88. The Labute approximate surface area is 114 Å². The second-order valence-corrected chi connectivity index (χ2v) is 5.52. The van der Waals surface area contributed by atoms with E-state index < -0.39 is 0 Å². The van der Waals surface area contributed by atoms with E-state index in [2.05, 4.69) is 29.2 Å². The molecule has 0 bridgehead atoms. The molecule has 0 amide bonds. The Kier molecular flexibility index (Phi) is 8.09. The highest BCUT2D eigenvalue weighted by Crippen LogP contribution is 2.11. The van der Waals surface area contributed by atoms with Crippen molar-refractivity contribution in [2.45, 2.75) is 18.8 Å². The van der Waals surface area contributed by atoms with Gasteiger partial charge in [0.2, 0.25) is 0 Å². The van der Waals surface area contributed by atoms with Crippen molar-refractivity contribution < 1.29 is 10.2 Å². The Bertz CT molecular complexity index is 306. The fourth-order valence-electron chi connectivity index (χ4n) is 1.77. The Hall–Kier alpha value is -0.550. The highest BCUT2D eigenvalue weighted by Gasteiger charge is 2.07. The third kappa shape index (κ3) is 7.01. The van der Waals surface area contributed by atoms with E-state index in [1.165, 1.54) is 5.56 Å². The predicted octanol–water partition coefficient (Wildman–Crippen LogP) is 1.59. The van der Waals surface area contributed by atoms with Gasteiger partial charge in [0.25, 0.3) is 0 Å². The van der Waals surface area contributed by atoms with E-state index in [-0.39, 0.29) is 12.7 Å². The zero-order valence-electron chi connectivity index (χ0n) is 11.0. The predicted molar refractivity (Wildman–Crippen MR) is 77.8 cm³/mol. The van der Waals surface area contributed by atoms with Gasteiger partial charge in [-0.1, -0.05) is 30.3 Å². The van der Waals surface area contributed by atoms with Crippen molar-refractivity contribution in [1.29, 1.82) is 0 Å². The first-order chi connectivity index (χ1) is 8.72. The lowest BCUT2D eigenvalue weighted by molar-refractivity contribution is 0.116. The van der Waals surface area contributed by atoms with E-state index in [9.17, 15) is 5.11 Å². The number of aliphatic hydroxyl groups is 2.